The highest BCUT2D eigenvalue weighted by molar-refractivity contribution is 7.99. The van der Waals surface area contributed by atoms with Gasteiger partial charge in [-0.3, -0.25) is 4.79 Å². The molecule has 0 aliphatic heterocycles. The number of benzene rings is 3. The van der Waals surface area contributed by atoms with Crippen LogP contribution in [0.25, 0.3) is 22.3 Å². The van der Waals surface area contributed by atoms with Gasteiger partial charge in [-0.2, -0.15) is 9.78 Å². The van der Waals surface area contributed by atoms with Crippen LogP contribution in [0, 0.1) is 6.92 Å². The molecular weight excluding hydrogens is 640 g/mol. The van der Waals surface area contributed by atoms with E-state index >= 15 is 0 Å². The van der Waals surface area contributed by atoms with Crippen molar-refractivity contribution in [3.63, 3.8) is 0 Å². The van der Waals surface area contributed by atoms with Crippen molar-refractivity contribution >= 4 is 28.9 Å². The van der Waals surface area contributed by atoms with Crippen molar-refractivity contribution in [3.05, 3.63) is 70.1 Å². The zero-order valence-electron chi connectivity index (χ0n) is 27.7. The summed E-state index contributed by atoms with van der Waals surface area (Å²) in [5.41, 5.74) is 1.40. The zero-order chi connectivity index (χ0) is 34.2. The second-order valence-corrected chi connectivity index (χ2v) is 11.2. The third kappa shape index (κ3) is 7.13. The van der Waals surface area contributed by atoms with E-state index in [0.717, 1.165) is 11.3 Å². The van der Waals surface area contributed by atoms with Crippen LogP contribution in [0.5, 0.6) is 40.2 Å². The van der Waals surface area contributed by atoms with E-state index in [0.29, 0.717) is 64.1 Å². The summed E-state index contributed by atoms with van der Waals surface area (Å²) in [5.74, 6) is 4.51. The third-order valence-corrected chi connectivity index (χ3v) is 8.25. The van der Waals surface area contributed by atoms with E-state index in [4.69, 9.17) is 37.6 Å². The lowest BCUT2D eigenvalue weighted by atomic mass is 10.1. The van der Waals surface area contributed by atoms with Crippen LogP contribution < -0.4 is 38.6 Å². The number of thioether (sulfide) groups is 1. The summed E-state index contributed by atoms with van der Waals surface area (Å²) in [6.07, 6.45) is 2.38. The Balaban J connectivity index is 1.32. The molecule has 5 aromatic rings. The molecule has 0 saturated heterocycles. The van der Waals surface area contributed by atoms with Crippen LogP contribution in [0.15, 0.2) is 68.0 Å². The Labute approximate surface area is 281 Å². The van der Waals surface area contributed by atoms with Gasteiger partial charge >= 0.3 is 0 Å². The van der Waals surface area contributed by atoms with Gasteiger partial charge in [0.25, 0.3) is 0 Å². The van der Waals surface area contributed by atoms with Gasteiger partial charge in [0, 0.05) is 23.4 Å². The molecule has 14 heteroatoms. The molecule has 3 aromatic carbocycles. The Morgan fingerprint density at radius 1 is 0.812 bits per heavy atom. The summed E-state index contributed by atoms with van der Waals surface area (Å²) < 4.78 is 46.9. The van der Waals surface area contributed by atoms with Gasteiger partial charge in [0.1, 0.15) is 22.5 Å². The average molecular weight is 677 g/mol. The molecule has 5 rings (SSSR count). The Morgan fingerprint density at radius 3 is 2.10 bits per heavy atom. The molecule has 0 atom stereocenters. The molecule has 13 nitrogen and oxygen atoms in total. The van der Waals surface area contributed by atoms with Gasteiger partial charge in [0.15, 0.2) is 34.3 Å². The number of ether oxygens (including phenoxy) is 7. The van der Waals surface area contributed by atoms with E-state index in [1.807, 2.05) is 31.2 Å². The normalized spacial score (nSPS) is 11.1. The predicted octanol–water partition coefficient (Wildman–Crippen LogP) is 5.85. The Bertz CT molecular complexity index is 1950. The fourth-order valence-corrected chi connectivity index (χ4v) is 5.71. The second kappa shape index (κ2) is 15.5. The summed E-state index contributed by atoms with van der Waals surface area (Å²) in [6.45, 7) is 2.15. The number of hydrogen-bond donors (Lipinski definition) is 0. The number of nitrogens with zero attached hydrogens (tertiary/aromatic N) is 4. The maximum atomic E-state index is 13.5. The molecule has 0 unspecified atom stereocenters. The van der Waals surface area contributed by atoms with Crippen LogP contribution in [0.2, 0.25) is 0 Å². The van der Waals surface area contributed by atoms with Gasteiger partial charge in [0.05, 0.1) is 55.5 Å². The molecule has 0 spiro atoms. The highest BCUT2D eigenvalue weighted by Crippen LogP contribution is 2.45. The lowest BCUT2D eigenvalue weighted by Crippen LogP contribution is -2.07. The summed E-state index contributed by atoms with van der Waals surface area (Å²) in [5, 5.41) is 13.9. The quantitative estimate of drug-likeness (QED) is 0.0746. The first-order chi connectivity index (χ1) is 23.3. The number of aryl methyl sites for hydroxylation is 1. The van der Waals surface area contributed by atoms with Crippen molar-refractivity contribution < 1.29 is 37.6 Å². The van der Waals surface area contributed by atoms with Crippen LogP contribution >= 0.6 is 11.8 Å². The minimum absolute atomic E-state index is 0.213. The molecule has 252 valence electrons. The minimum Gasteiger partial charge on any atom is -0.497 e. The maximum Gasteiger partial charge on any atom is 0.212 e. The van der Waals surface area contributed by atoms with E-state index in [2.05, 4.69) is 15.3 Å². The van der Waals surface area contributed by atoms with Crippen molar-refractivity contribution in [2.75, 3.05) is 55.0 Å². The number of rotatable bonds is 15. The van der Waals surface area contributed by atoms with Crippen LogP contribution in [-0.4, -0.2) is 76.1 Å². The average Bonchev–Trinajstić information content (AvgIpc) is 3.47. The van der Waals surface area contributed by atoms with Gasteiger partial charge in [0.2, 0.25) is 16.7 Å². The molecule has 0 N–H and O–H groups in total. The number of hydrogen-bond acceptors (Lipinski definition) is 13. The van der Waals surface area contributed by atoms with E-state index < -0.39 is 0 Å². The largest absolute Gasteiger partial charge is 0.497 e. The molecule has 0 bridgehead atoms. The number of fused-ring (bicyclic) bond motifs is 1. The number of methoxy groups -OCH3 is 6. The molecular formula is C34H36N4O9S. The molecule has 2 heterocycles. The molecule has 0 amide bonds. The fraction of sp³-hybridized carbons (Fsp3) is 0.294. The highest BCUT2D eigenvalue weighted by Gasteiger charge is 2.23. The molecule has 0 aliphatic carbocycles. The lowest BCUT2D eigenvalue weighted by molar-refractivity contribution is 0.277. The van der Waals surface area contributed by atoms with Gasteiger partial charge < -0.3 is 37.6 Å². The zero-order valence-corrected chi connectivity index (χ0v) is 28.5. The molecule has 2 aromatic heterocycles. The monoisotopic (exact) mass is 676 g/mol. The van der Waals surface area contributed by atoms with Crippen LogP contribution in [0.1, 0.15) is 17.8 Å². The van der Waals surface area contributed by atoms with E-state index in [1.54, 1.807) is 36.2 Å². The minimum atomic E-state index is -0.329. The van der Waals surface area contributed by atoms with E-state index in [1.165, 1.54) is 53.4 Å². The van der Waals surface area contributed by atoms with Crippen molar-refractivity contribution in [1.82, 2.24) is 14.9 Å². The Morgan fingerprint density at radius 2 is 1.48 bits per heavy atom. The molecule has 0 radical (unpaired) electrons. The molecule has 0 aliphatic rings. The topological polar surface area (TPSA) is 138 Å². The predicted molar refractivity (Wildman–Crippen MR) is 182 cm³/mol. The van der Waals surface area contributed by atoms with Gasteiger partial charge in [-0.15, -0.1) is 10.2 Å². The van der Waals surface area contributed by atoms with Crippen LogP contribution in [0.4, 0.5) is 0 Å². The molecule has 48 heavy (non-hydrogen) atoms. The van der Waals surface area contributed by atoms with Gasteiger partial charge in [-0.05, 0) is 55.3 Å². The fourth-order valence-electron chi connectivity index (χ4n) is 4.87. The summed E-state index contributed by atoms with van der Waals surface area (Å²) >= 11 is 1.50. The van der Waals surface area contributed by atoms with E-state index in [9.17, 15) is 4.79 Å². The first kappa shape index (κ1) is 34.0. The van der Waals surface area contributed by atoms with Crippen LogP contribution in [0.3, 0.4) is 0 Å². The van der Waals surface area contributed by atoms with Crippen molar-refractivity contribution in [3.8, 4) is 51.6 Å². The molecule has 0 fully saturated rings. The Hall–Kier alpha value is -5.37. The number of aromatic nitrogens is 3. The first-order valence-corrected chi connectivity index (χ1v) is 15.7. The summed E-state index contributed by atoms with van der Waals surface area (Å²) in [7, 11) is 9.14. The first-order valence-electron chi connectivity index (χ1n) is 14.7. The van der Waals surface area contributed by atoms with Crippen molar-refractivity contribution in [1.29, 1.82) is 0 Å². The third-order valence-electron chi connectivity index (χ3n) is 7.24. The maximum absolute atomic E-state index is 13.5. The smallest absolute Gasteiger partial charge is 0.212 e. The van der Waals surface area contributed by atoms with Crippen molar-refractivity contribution in [2.45, 2.75) is 18.5 Å². The lowest BCUT2D eigenvalue weighted by Gasteiger charge is -2.17. The van der Waals surface area contributed by atoms with Gasteiger partial charge in [-0.1, -0.05) is 11.8 Å². The van der Waals surface area contributed by atoms with Crippen LogP contribution in [-0.2, 0) is 0 Å². The van der Waals surface area contributed by atoms with E-state index in [-0.39, 0.29) is 27.9 Å². The van der Waals surface area contributed by atoms with Crippen molar-refractivity contribution in [2.24, 2.45) is 5.10 Å². The standard InChI is InChI=1S/C34H36N4O9S/c1-20-36-37-34(38(20)35-19-21-9-11-23(40-2)12-10-21)48-14-8-13-46-32-29(43-5)18-26-30(33(32)45-7)24(39)17-25(47-26)22-15-27(41-3)31(44-6)28(16-22)42-4/h9-12,15-19H,8,13-14H2,1-7H3. The highest BCUT2D eigenvalue weighted by atomic mass is 32.2. The Kier molecular flexibility index (Phi) is 11.0. The summed E-state index contributed by atoms with van der Waals surface area (Å²) in [6, 6.07) is 14.0. The van der Waals surface area contributed by atoms with Gasteiger partial charge in [-0.25, -0.2) is 0 Å². The summed E-state index contributed by atoms with van der Waals surface area (Å²) in [4.78, 5) is 13.5. The SMILES string of the molecule is COc1ccc(C=Nn2c(C)nnc2SCCCOc2c(OC)cc3oc(-c4cc(OC)c(OC)c(OC)c4)cc(=O)c3c2OC)cc1. The molecule has 0 saturated carbocycles. The second-order valence-electron chi connectivity index (χ2n) is 10.1.